The molecule has 0 saturated heterocycles. The molecule has 0 fully saturated rings. The van der Waals surface area contributed by atoms with E-state index in [0.29, 0.717) is 6.61 Å². The molecule has 170 valence electrons. The first-order chi connectivity index (χ1) is 16.1. The molecule has 3 aromatic carbocycles. The van der Waals surface area contributed by atoms with Gasteiger partial charge in [0.15, 0.2) is 0 Å². The van der Waals surface area contributed by atoms with Crippen LogP contribution in [0, 0.1) is 0 Å². The molecule has 0 unspecified atom stereocenters. The Morgan fingerprint density at radius 1 is 0.879 bits per heavy atom. The van der Waals surface area contributed by atoms with Crippen molar-refractivity contribution < 1.29 is 24.3 Å². The zero-order chi connectivity index (χ0) is 23.0. The number of hydrogen-bond acceptors (Lipinski definition) is 5. The molecule has 1 amide bonds. The van der Waals surface area contributed by atoms with E-state index in [-0.39, 0.29) is 25.7 Å². The van der Waals surface area contributed by atoms with Gasteiger partial charge in [0.05, 0.1) is 26.4 Å². The summed E-state index contributed by atoms with van der Waals surface area (Å²) in [6.07, 6.45) is 0. The zero-order valence-electron chi connectivity index (χ0n) is 18.1. The first kappa shape index (κ1) is 22.7. The van der Waals surface area contributed by atoms with Crippen molar-refractivity contribution in [3.05, 3.63) is 95.6 Å². The second kappa shape index (κ2) is 10.9. The van der Waals surface area contributed by atoms with Gasteiger partial charge in [-0.3, -0.25) is 19.7 Å². The van der Waals surface area contributed by atoms with Crippen molar-refractivity contribution in [2.45, 2.75) is 18.6 Å². The number of hydroxylamine groups is 1. The Labute approximate surface area is 192 Å². The molecule has 1 atom stereocenters. The van der Waals surface area contributed by atoms with E-state index < -0.39 is 17.9 Å². The predicted molar refractivity (Wildman–Crippen MR) is 123 cm³/mol. The molecule has 0 saturated carbocycles. The molecular formula is C26H26N2O5. The van der Waals surface area contributed by atoms with Gasteiger partial charge in [-0.1, -0.05) is 78.9 Å². The number of fused-ring (bicyclic) bond motifs is 3. The fraction of sp³-hybridized carbons (Fsp3) is 0.231. The highest BCUT2D eigenvalue weighted by atomic mass is 16.7. The number of carboxylic acid groups (broad SMARTS) is 1. The quantitative estimate of drug-likeness (QED) is 0.392. The number of carbonyl (C=O) groups is 2. The van der Waals surface area contributed by atoms with Gasteiger partial charge in [0, 0.05) is 5.92 Å². The molecule has 0 spiro atoms. The van der Waals surface area contributed by atoms with Gasteiger partial charge in [-0.2, -0.15) is 0 Å². The lowest BCUT2D eigenvalue weighted by Gasteiger charge is -2.16. The molecule has 1 aliphatic rings. The largest absolute Gasteiger partial charge is 0.480 e. The topological polar surface area (TPSA) is 96.9 Å². The van der Waals surface area contributed by atoms with E-state index in [1.165, 1.54) is 11.1 Å². The molecular weight excluding hydrogens is 420 g/mol. The number of carbonyl (C=O) groups excluding carboxylic acids is 1. The number of hydrogen-bond donors (Lipinski definition) is 3. The Morgan fingerprint density at radius 2 is 1.48 bits per heavy atom. The van der Waals surface area contributed by atoms with Gasteiger partial charge in [-0.05, 0) is 27.8 Å². The van der Waals surface area contributed by atoms with Crippen LogP contribution in [0.4, 0.5) is 0 Å². The average molecular weight is 447 g/mol. The molecule has 0 heterocycles. The maximum Gasteiger partial charge on any atom is 0.323 e. The summed E-state index contributed by atoms with van der Waals surface area (Å²) in [7, 11) is 0. The van der Waals surface area contributed by atoms with Gasteiger partial charge in [-0.15, -0.1) is 0 Å². The molecule has 33 heavy (non-hydrogen) atoms. The third-order valence-electron chi connectivity index (χ3n) is 5.60. The van der Waals surface area contributed by atoms with Crippen molar-refractivity contribution in [1.29, 1.82) is 0 Å². The normalized spacial score (nSPS) is 13.2. The molecule has 3 N–H and O–H groups in total. The van der Waals surface area contributed by atoms with Crippen LogP contribution in [0.5, 0.6) is 0 Å². The van der Waals surface area contributed by atoms with Crippen LogP contribution >= 0.6 is 0 Å². The minimum atomic E-state index is -1.09. The molecule has 0 aliphatic heterocycles. The number of ether oxygens (including phenoxy) is 1. The van der Waals surface area contributed by atoms with Gasteiger partial charge in [0.2, 0.25) is 0 Å². The van der Waals surface area contributed by atoms with Gasteiger partial charge >= 0.3 is 5.97 Å². The van der Waals surface area contributed by atoms with Crippen LogP contribution in [0.25, 0.3) is 11.1 Å². The maximum atomic E-state index is 12.2. The molecule has 0 bridgehead atoms. The van der Waals surface area contributed by atoms with Crippen molar-refractivity contribution in [2.24, 2.45) is 0 Å². The highest BCUT2D eigenvalue weighted by molar-refractivity contribution is 5.80. The monoisotopic (exact) mass is 446 g/mol. The minimum absolute atomic E-state index is 0.0174. The third-order valence-corrected chi connectivity index (χ3v) is 5.60. The number of nitrogens with one attached hydrogen (secondary N) is 2. The Kier molecular flexibility index (Phi) is 7.47. The molecule has 3 aromatic rings. The van der Waals surface area contributed by atoms with E-state index in [2.05, 4.69) is 35.1 Å². The summed E-state index contributed by atoms with van der Waals surface area (Å²) in [5.74, 6) is -1.52. The van der Waals surface area contributed by atoms with Crippen LogP contribution in [0.3, 0.4) is 0 Å². The van der Waals surface area contributed by atoms with Crippen molar-refractivity contribution in [1.82, 2.24) is 10.8 Å². The molecule has 7 heteroatoms. The van der Waals surface area contributed by atoms with Crippen molar-refractivity contribution in [3.63, 3.8) is 0 Å². The maximum absolute atomic E-state index is 12.2. The van der Waals surface area contributed by atoms with Gasteiger partial charge in [0.25, 0.3) is 5.91 Å². The van der Waals surface area contributed by atoms with Crippen molar-refractivity contribution in [2.75, 3.05) is 19.8 Å². The average Bonchev–Trinajstić information content (AvgIpc) is 3.15. The van der Waals surface area contributed by atoms with Crippen LogP contribution in [0.2, 0.25) is 0 Å². The Balaban J connectivity index is 1.23. The lowest BCUT2D eigenvalue weighted by molar-refractivity contribution is -0.141. The van der Waals surface area contributed by atoms with E-state index in [9.17, 15) is 14.7 Å². The fourth-order valence-electron chi connectivity index (χ4n) is 3.98. The van der Waals surface area contributed by atoms with Crippen LogP contribution in [0.1, 0.15) is 22.6 Å². The number of aliphatic carboxylic acids is 1. The summed E-state index contributed by atoms with van der Waals surface area (Å²) in [6, 6.07) is 24.8. The van der Waals surface area contributed by atoms with Crippen LogP contribution in [0.15, 0.2) is 78.9 Å². The third kappa shape index (κ3) is 5.64. The second-order valence-corrected chi connectivity index (χ2v) is 7.84. The number of rotatable bonds is 11. The summed E-state index contributed by atoms with van der Waals surface area (Å²) in [6.45, 7) is 0.311. The van der Waals surface area contributed by atoms with Crippen LogP contribution in [-0.2, 0) is 25.8 Å². The Hall–Kier alpha value is -3.52. The first-order valence-corrected chi connectivity index (χ1v) is 10.8. The summed E-state index contributed by atoms with van der Waals surface area (Å²) < 4.78 is 5.48. The predicted octanol–water partition coefficient (Wildman–Crippen LogP) is 3.11. The van der Waals surface area contributed by atoms with E-state index >= 15 is 0 Å². The zero-order valence-corrected chi connectivity index (χ0v) is 18.1. The highest BCUT2D eigenvalue weighted by Gasteiger charge is 2.28. The highest BCUT2D eigenvalue weighted by Crippen LogP contribution is 2.44. The summed E-state index contributed by atoms with van der Waals surface area (Å²) in [5.41, 5.74) is 8.03. The second-order valence-electron chi connectivity index (χ2n) is 7.84. The molecule has 4 rings (SSSR count). The standard InChI is InChI=1S/C26H26N2O5/c29-25(14-27-24(26(30)31)17-32-15-18-8-2-1-3-9-18)28-33-16-23-21-12-6-4-10-19(21)20-11-5-7-13-22(20)23/h1-13,23-24,27H,14-17H2,(H,28,29)(H,30,31)/t24-/m1/s1. The SMILES string of the molecule is O=C(CN[C@H](COCc1ccccc1)C(=O)O)NOCC1c2ccccc2-c2ccccc21. The van der Waals surface area contributed by atoms with Crippen molar-refractivity contribution in [3.8, 4) is 11.1 Å². The van der Waals surface area contributed by atoms with E-state index in [1.807, 2.05) is 54.6 Å². The fourth-order valence-corrected chi connectivity index (χ4v) is 3.98. The van der Waals surface area contributed by atoms with Crippen molar-refractivity contribution >= 4 is 11.9 Å². The summed E-state index contributed by atoms with van der Waals surface area (Å²) in [5, 5.41) is 12.1. The number of amides is 1. The van der Waals surface area contributed by atoms with Gasteiger partial charge in [-0.25, -0.2) is 5.48 Å². The molecule has 7 nitrogen and oxygen atoms in total. The van der Waals surface area contributed by atoms with Crippen LogP contribution < -0.4 is 10.8 Å². The van der Waals surface area contributed by atoms with Gasteiger partial charge < -0.3 is 9.84 Å². The molecule has 1 aliphatic carbocycles. The lowest BCUT2D eigenvalue weighted by atomic mass is 9.98. The smallest absolute Gasteiger partial charge is 0.323 e. The van der Waals surface area contributed by atoms with E-state index in [1.54, 1.807) is 0 Å². The summed E-state index contributed by atoms with van der Waals surface area (Å²) >= 11 is 0. The van der Waals surface area contributed by atoms with Gasteiger partial charge in [0.1, 0.15) is 6.04 Å². The molecule has 0 radical (unpaired) electrons. The minimum Gasteiger partial charge on any atom is -0.480 e. The molecule has 0 aromatic heterocycles. The van der Waals surface area contributed by atoms with Crippen LogP contribution in [-0.4, -0.2) is 42.8 Å². The Morgan fingerprint density at radius 3 is 2.12 bits per heavy atom. The first-order valence-electron chi connectivity index (χ1n) is 10.8. The van der Waals surface area contributed by atoms with E-state index in [0.717, 1.165) is 16.7 Å². The summed E-state index contributed by atoms with van der Waals surface area (Å²) in [4.78, 5) is 29.2. The number of carboxylic acids is 1. The lowest BCUT2D eigenvalue weighted by Crippen LogP contribution is -2.45. The Bertz CT molecular complexity index is 1060. The van der Waals surface area contributed by atoms with E-state index in [4.69, 9.17) is 9.57 Å². The number of benzene rings is 3.